The van der Waals surface area contributed by atoms with E-state index in [1.54, 1.807) is 12.1 Å². The van der Waals surface area contributed by atoms with Crippen LogP contribution in [0.5, 0.6) is 11.6 Å². The van der Waals surface area contributed by atoms with Gasteiger partial charge in [-0.25, -0.2) is 0 Å². The van der Waals surface area contributed by atoms with Gasteiger partial charge in [0.15, 0.2) is 0 Å². The van der Waals surface area contributed by atoms with Gasteiger partial charge in [0, 0.05) is 12.1 Å². The highest BCUT2D eigenvalue weighted by Gasteiger charge is 2.31. The van der Waals surface area contributed by atoms with Crippen molar-refractivity contribution in [1.29, 1.82) is 0 Å². The Hall–Kier alpha value is -3.56. The minimum absolute atomic E-state index is 0.164. The fourth-order valence-electron chi connectivity index (χ4n) is 2.86. The lowest BCUT2D eigenvalue weighted by Gasteiger charge is -2.17. The summed E-state index contributed by atoms with van der Waals surface area (Å²) in [6, 6.07) is 9.06. The lowest BCUT2D eigenvalue weighted by atomic mass is 9.89. The molecule has 0 aliphatic heterocycles. The average Bonchev–Trinajstić information content (AvgIpc) is 2.60. The predicted molar refractivity (Wildman–Crippen MR) is 90.3 cm³/mol. The second kappa shape index (κ2) is 7.22. The number of aliphatic carboxylic acids is 1. The van der Waals surface area contributed by atoms with Crippen molar-refractivity contribution in [1.82, 2.24) is 9.38 Å². The van der Waals surface area contributed by atoms with E-state index in [0.29, 0.717) is 0 Å². The first-order valence-corrected chi connectivity index (χ1v) is 7.93. The monoisotopic (exact) mass is 394 g/mol. The number of pyridine rings is 1. The Balaban J connectivity index is 2.10. The first-order valence-electron chi connectivity index (χ1n) is 7.93. The molecular weight excluding hydrogens is 381 g/mol. The number of carboxylic acids is 1. The molecule has 0 unspecified atom stereocenters. The van der Waals surface area contributed by atoms with Crippen LogP contribution in [-0.2, 0) is 4.79 Å². The van der Waals surface area contributed by atoms with Gasteiger partial charge in [0.1, 0.15) is 11.4 Å². The first kappa shape index (κ1) is 19.2. The van der Waals surface area contributed by atoms with E-state index in [9.17, 15) is 33.0 Å². The summed E-state index contributed by atoms with van der Waals surface area (Å²) < 4.78 is 41.8. The van der Waals surface area contributed by atoms with Gasteiger partial charge in [-0.1, -0.05) is 18.2 Å². The number of carbonyl (C=O) groups is 1. The molecule has 1 aromatic carbocycles. The average molecular weight is 394 g/mol. The van der Waals surface area contributed by atoms with E-state index in [0.717, 1.165) is 16.5 Å². The molecule has 2 aromatic heterocycles. The summed E-state index contributed by atoms with van der Waals surface area (Å²) in [6.45, 7) is 0. The van der Waals surface area contributed by atoms with Crippen molar-refractivity contribution in [3.8, 4) is 11.6 Å². The van der Waals surface area contributed by atoms with Gasteiger partial charge in [0.25, 0.3) is 5.56 Å². The lowest BCUT2D eigenvalue weighted by molar-refractivity contribution is -0.274. The number of carboxylic acid groups (broad SMARTS) is 1. The maximum Gasteiger partial charge on any atom is 0.573 e. The van der Waals surface area contributed by atoms with Crippen LogP contribution in [0.25, 0.3) is 5.65 Å². The zero-order valence-corrected chi connectivity index (χ0v) is 14.1. The minimum Gasteiger partial charge on any atom is -0.493 e. The molecule has 28 heavy (non-hydrogen) atoms. The third-order valence-electron chi connectivity index (χ3n) is 3.99. The summed E-state index contributed by atoms with van der Waals surface area (Å²) in [4.78, 5) is 28.0. The Labute approximate surface area is 155 Å². The summed E-state index contributed by atoms with van der Waals surface area (Å²) in [5, 5.41) is 19.5. The number of fused-ring (bicyclic) bond motifs is 1. The quantitative estimate of drug-likeness (QED) is 0.690. The maximum atomic E-state index is 12.8. The smallest absolute Gasteiger partial charge is 0.493 e. The van der Waals surface area contributed by atoms with E-state index in [1.165, 1.54) is 24.4 Å². The lowest BCUT2D eigenvalue weighted by Crippen LogP contribution is -2.24. The zero-order chi connectivity index (χ0) is 20.5. The van der Waals surface area contributed by atoms with Crippen LogP contribution in [0.4, 0.5) is 13.2 Å². The van der Waals surface area contributed by atoms with E-state index in [1.807, 2.05) is 0 Å². The molecule has 2 heterocycles. The normalized spacial score (nSPS) is 12.7. The highest BCUT2D eigenvalue weighted by Crippen LogP contribution is 2.32. The molecule has 0 bridgehead atoms. The fraction of sp³-hybridized carbons (Fsp3) is 0.167. The van der Waals surface area contributed by atoms with Crippen molar-refractivity contribution >= 4 is 11.6 Å². The van der Waals surface area contributed by atoms with Gasteiger partial charge in [-0.15, -0.1) is 13.2 Å². The molecule has 0 saturated carbocycles. The van der Waals surface area contributed by atoms with Gasteiger partial charge in [0.05, 0.1) is 12.0 Å². The Kier molecular flexibility index (Phi) is 4.95. The fourth-order valence-corrected chi connectivity index (χ4v) is 2.86. The molecule has 10 heteroatoms. The van der Waals surface area contributed by atoms with Gasteiger partial charge in [-0.05, 0) is 29.8 Å². The van der Waals surface area contributed by atoms with Gasteiger partial charge < -0.3 is 14.9 Å². The SMILES string of the molecule is O=C(O)C[C@H](c1ccc(OC(F)(F)F)cc1)c1c(O)nc2ccccn2c1=O. The number of alkyl halides is 3. The van der Waals surface area contributed by atoms with Crippen LogP contribution in [0.2, 0.25) is 0 Å². The molecule has 0 saturated heterocycles. The maximum absolute atomic E-state index is 12.8. The summed E-state index contributed by atoms with van der Waals surface area (Å²) in [6.07, 6.45) is -4.05. The molecule has 0 radical (unpaired) electrons. The highest BCUT2D eigenvalue weighted by molar-refractivity contribution is 5.69. The molecule has 0 fully saturated rings. The molecule has 7 nitrogen and oxygen atoms in total. The van der Waals surface area contributed by atoms with Gasteiger partial charge in [-0.2, -0.15) is 4.98 Å². The molecular formula is C18H13F3N2O5. The molecule has 146 valence electrons. The predicted octanol–water partition coefficient (Wildman–Crippen LogP) is 2.91. The first-order chi connectivity index (χ1) is 13.2. The Morgan fingerprint density at radius 3 is 2.46 bits per heavy atom. The second-order valence-electron chi connectivity index (χ2n) is 5.85. The number of halogens is 3. The van der Waals surface area contributed by atoms with Crippen LogP contribution >= 0.6 is 0 Å². The van der Waals surface area contributed by atoms with Crippen LogP contribution in [0.1, 0.15) is 23.5 Å². The Morgan fingerprint density at radius 1 is 1.18 bits per heavy atom. The van der Waals surface area contributed by atoms with Gasteiger partial charge in [0.2, 0.25) is 5.88 Å². The zero-order valence-electron chi connectivity index (χ0n) is 14.1. The van der Waals surface area contributed by atoms with E-state index >= 15 is 0 Å². The second-order valence-corrected chi connectivity index (χ2v) is 5.85. The van der Waals surface area contributed by atoms with E-state index in [2.05, 4.69) is 9.72 Å². The molecule has 3 aromatic rings. The summed E-state index contributed by atoms with van der Waals surface area (Å²) in [7, 11) is 0. The standard InChI is InChI=1S/C18H13F3N2O5/c19-18(20,21)28-11-6-4-10(5-7-11)12(9-14(24)25)15-16(26)22-13-3-1-2-8-23(13)17(15)27/h1-8,12,26H,9H2,(H,24,25)/t12-/m1/s1. The Bertz CT molecular complexity index is 1080. The largest absolute Gasteiger partial charge is 0.573 e. The van der Waals surface area contributed by atoms with Crippen molar-refractivity contribution < 1.29 is 32.9 Å². The number of rotatable bonds is 5. The van der Waals surface area contributed by atoms with Crippen molar-refractivity contribution in [2.24, 2.45) is 0 Å². The molecule has 0 spiro atoms. The molecule has 3 rings (SSSR count). The van der Waals surface area contributed by atoms with Crippen molar-refractivity contribution in [2.75, 3.05) is 0 Å². The number of aromatic hydroxyl groups is 1. The van der Waals surface area contributed by atoms with E-state index < -0.39 is 41.9 Å². The number of aromatic nitrogens is 2. The third kappa shape index (κ3) is 4.05. The van der Waals surface area contributed by atoms with Crippen LogP contribution in [0, 0.1) is 0 Å². The van der Waals surface area contributed by atoms with E-state index in [-0.39, 0.29) is 16.8 Å². The van der Waals surface area contributed by atoms with Crippen LogP contribution in [0.15, 0.2) is 53.5 Å². The Morgan fingerprint density at radius 2 is 1.86 bits per heavy atom. The topological polar surface area (TPSA) is 101 Å². The van der Waals surface area contributed by atoms with E-state index in [4.69, 9.17) is 0 Å². The third-order valence-corrected chi connectivity index (χ3v) is 3.99. The molecule has 0 amide bonds. The van der Waals surface area contributed by atoms with Crippen LogP contribution in [-0.4, -0.2) is 31.9 Å². The molecule has 0 aliphatic carbocycles. The van der Waals surface area contributed by atoms with Crippen molar-refractivity contribution in [2.45, 2.75) is 18.7 Å². The van der Waals surface area contributed by atoms with Crippen LogP contribution < -0.4 is 10.3 Å². The van der Waals surface area contributed by atoms with Crippen molar-refractivity contribution in [3.05, 3.63) is 70.1 Å². The summed E-state index contributed by atoms with van der Waals surface area (Å²) in [5.74, 6) is -3.53. The molecule has 0 aliphatic rings. The minimum atomic E-state index is -4.87. The van der Waals surface area contributed by atoms with Gasteiger partial charge in [-0.3, -0.25) is 14.0 Å². The molecule has 2 N–H and O–H groups in total. The summed E-state index contributed by atoms with van der Waals surface area (Å²) >= 11 is 0. The van der Waals surface area contributed by atoms with Crippen LogP contribution in [0.3, 0.4) is 0 Å². The van der Waals surface area contributed by atoms with Crippen molar-refractivity contribution in [3.63, 3.8) is 0 Å². The number of benzene rings is 1. The number of hydrogen-bond acceptors (Lipinski definition) is 5. The number of nitrogens with zero attached hydrogens (tertiary/aromatic N) is 2. The highest BCUT2D eigenvalue weighted by atomic mass is 19.4. The number of ether oxygens (including phenoxy) is 1. The molecule has 1 atom stereocenters. The van der Waals surface area contributed by atoms with Gasteiger partial charge >= 0.3 is 12.3 Å². The number of hydrogen-bond donors (Lipinski definition) is 2. The summed E-state index contributed by atoms with van der Waals surface area (Å²) in [5.41, 5.74) is -0.570.